The molecule has 1 heterocycles. The fraction of sp³-hybridized carbons (Fsp3) is 0.500. The van der Waals surface area contributed by atoms with Gasteiger partial charge >= 0.3 is 5.97 Å². The number of rotatable bonds is 4. The molecule has 2 rings (SSSR count). The van der Waals surface area contributed by atoms with Gasteiger partial charge in [0.15, 0.2) is 6.61 Å². The number of ether oxygens (including phenoxy) is 1. The van der Waals surface area contributed by atoms with Crippen molar-refractivity contribution in [3.8, 4) is 0 Å². The van der Waals surface area contributed by atoms with Gasteiger partial charge in [0.2, 0.25) is 0 Å². The third-order valence-electron chi connectivity index (χ3n) is 2.93. The minimum Gasteiger partial charge on any atom is -0.452 e. The number of carbonyl (C=O) groups is 2. The lowest BCUT2D eigenvalue weighted by molar-refractivity contribution is -0.124. The highest BCUT2D eigenvalue weighted by atomic mass is 35.5. The van der Waals surface area contributed by atoms with Crippen LogP contribution in [0.1, 0.15) is 36.0 Å². The summed E-state index contributed by atoms with van der Waals surface area (Å²) in [6.07, 6.45) is 4.25. The van der Waals surface area contributed by atoms with Gasteiger partial charge in [-0.05, 0) is 18.9 Å². The lowest BCUT2D eigenvalue weighted by Gasteiger charge is -2.11. The average Bonchev–Trinajstić information content (AvgIpc) is 2.96. The molecule has 1 aromatic heterocycles. The second-order valence-electron chi connectivity index (χ2n) is 4.36. The van der Waals surface area contributed by atoms with Crippen LogP contribution in [0.25, 0.3) is 0 Å². The molecular formula is C12H13Cl2NO3S. The van der Waals surface area contributed by atoms with Crippen LogP contribution in [0, 0.1) is 0 Å². The highest BCUT2D eigenvalue weighted by Crippen LogP contribution is 2.31. The number of nitrogens with one attached hydrogen (secondary N) is 1. The molecule has 0 aliphatic heterocycles. The molecule has 7 heteroatoms. The van der Waals surface area contributed by atoms with Crippen LogP contribution >= 0.6 is 34.5 Å². The van der Waals surface area contributed by atoms with Crippen molar-refractivity contribution in [3.63, 3.8) is 0 Å². The van der Waals surface area contributed by atoms with Crippen LogP contribution in [0.3, 0.4) is 0 Å². The highest BCUT2D eigenvalue weighted by Gasteiger charge is 2.20. The number of carbonyl (C=O) groups excluding carboxylic acids is 2. The molecule has 1 N–H and O–H groups in total. The van der Waals surface area contributed by atoms with E-state index in [0.29, 0.717) is 4.34 Å². The molecular weight excluding hydrogens is 309 g/mol. The second-order valence-corrected chi connectivity index (χ2v) is 6.65. The molecule has 0 saturated heterocycles. The van der Waals surface area contributed by atoms with Gasteiger partial charge in [-0.1, -0.05) is 36.0 Å². The first kappa shape index (κ1) is 14.6. The maximum Gasteiger partial charge on any atom is 0.341 e. The Morgan fingerprint density at radius 1 is 1.37 bits per heavy atom. The van der Waals surface area contributed by atoms with E-state index in [1.165, 1.54) is 6.07 Å². The van der Waals surface area contributed by atoms with Gasteiger partial charge in [0, 0.05) is 6.04 Å². The summed E-state index contributed by atoms with van der Waals surface area (Å²) in [7, 11) is 0. The summed E-state index contributed by atoms with van der Waals surface area (Å²) >= 11 is 12.6. The molecule has 0 bridgehead atoms. The molecule has 19 heavy (non-hydrogen) atoms. The van der Waals surface area contributed by atoms with Gasteiger partial charge in [0.25, 0.3) is 5.91 Å². The Labute approximate surface area is 125 Å². The van der Waals surface area contributed by atoms with E-state index in [4.69, 9.17) is 27.9 Å². The van der Waals surface area contributed by atoms with Crippen molar-refractivity contribution in [2.24, 2.45) is 0 Å². The summed E-state index contributed by atoms with van der Waals surface area (Å²) in [5.74, 6) is -0.910. The SMILES string of the molecule is O=C(COC(=O)c1cc(Cl)sc1Cl)NC1CCCC1. The molecule has 1 fully saturated rings. The first-order valence-electron chi connectivity index (χ1n) is 5.97. The zero-order valence-electron chi connectivity index (χ0n) is 10.1. The highest BCUT2D eigenvalue weighted by molar-refractivity contribution is 7.20. The Balaban J connectivity index is 1.79. The van der Waals surface area contributed by atoms with Gasteiger partial charge in [-0.15, -0.1) is 11.3 Å². The molecule has 0 aromatic carbocycles. The van der Waals surface area contributed by atoms with Crippen LogP contribution in [-0.2, 0) is 9.53 Å². The third kappa shape index (κ3) is 4.09. The van der Waals surface area contributed by atoms with Crippen LogP contribution in [0.2, 0.25) is 8.67 Å². The van der Waals surface area contributed by atoms with Crippen molar-refractivity contribution in [1.82, 2.24) is 5.32 Å². The topological polar surface area (TPSA) is 55.4 Å². The Kier molecular flexibility index (Phi) is 5.07. The first-order valence-corrected chi connectivity index (χ1v) is 7.55. The summed E-state index contributed by atoms with van der Waals surface area (Å²) in [6, 6.07) is 1.65. The predicted octanol–water partition coefficient (Wildman–Crippen LogP) is 3.27. The summed E-state index contributed by atoms with van der Waals surface area (Å²) in [5.41, 5.74) is 0.199. The molecule has 4 nitrogen and oxygen atoms in total. The van der Waals surface area contributed by atoms with Crippen molar-refractivity contribution < 1.29 is 14.3 Å². The van der Waals surface area contributed by atoms with Crippen molar-refractivity contribution in [2.75, 3.05) is 6.61 Å². The quantitative estimate of drug-likeness (QED) is 0.866. The number of hydrogen-bond acceptors (Lipinski definition) is 4. The molecule has 1 aromatic rings. The van der Waals surface area contributed by atoms with E-state index in [-0.39, 0.29) is 28.5 Å². The van der Waals surface area contributed by atoms with Crippen molar-refractivity contribution in [3.05, 3.63) is 20.3 Å². The minimum absolute atomic E-state index is 0.199. The molecule has 1 saturated carbocycles. The van der Waals surface area contributed by atoms with E-state index in [0.717, 1.165) is 37.0 Å². The van der Waals surface area contributed by atoms with Gasteiger partial charge in [-0.25, -0.2) is 4.79 Å². The van der Waals surface area contributed by atoms with Crippen LogP contribution < -0.4 is 5.32 Å². The van der Waals surface area contributed by atoms with Crippen molar-refractivity contribution in [2.45, 2.75) is 31.7 Å². The number of esters is 1. The molecule has 0 radical (unpaired) electrons. The third-order valence-corrected chi connectivity index (χ3v) is 4.42. The summed E-state index contributed by atoms with van der Waals surface area (Å²) < 4.78 is 5.59. The van der Waals surface area contributed by atoms with E-state index < -0.39 is 5.97 Å². The maximum atomic E-state index is 11.7. The van der Waals surface area contributed by atoms with Gasteiger partial charge in [-0.2, -0.15) is 0 Å². The second kappa shape index (κ2) is 6.59. The summed E-state index contributed by atoms with van der Waals surface area (Å²) in [5, 5.41) is 2.83. The van der Waals surface area contributed by atoms with Gasteiger partial charge in [0.05, 0.1) is 9.90 Å². The Bertz CT molecular complexity index is 483. The summed E-state index contributed by atoms with van der Waals surface area (Å²) in [6.45, 7) is -0.293. The van der Waals surface area contributed by atoms with Crippen molar-refractivity contribution >= 4 is 46.4 Å². The standard InChI is InChI=1S/C12H13Cl2NO3S/c13-9-5-8(11(14)19-9)12(17)18-6-10(16)15-7-3-1-2-4-7/h5,7H,1-4,6H2,(H,15,16). The Morgan fingerprint density at radius 3 is 2.63 bits per heavy atom. The van der Waals surface area contributed by atoms with Crippen molar-refractivity contribution in [1.29, 1.82) is 0 Å². The Hall–Kier alpha value is -0.780. The predicted molar refractivity (Wildman–Crippen MR) is 75.0 cm³/mol. The molecule has 104 valence electrons. The van der Waals surface area contributed by atoms with E-state index in [1.807, 2.05) is 0 Å². The molecule has 0 atom stereocenters. The number of amides is 1. The first-order chi connectivity index (χ1) is 9.06. The minimum atomic E-state index is -0.630. The number of halogens is 2. The molecule has 0 spiro atoms. The number of hydrogen-bond donors (Lipinski definition) is 1. The van der Waals surface area contributed by atoms with Crippen LogP contribution in [0.15, 0.2) is 6.07 Å². The Morgan fingerprint density at radius 2 is 2.05 bits per heavy atom. The maximum absolute atomic E-state index is 11.7. The van der Waals surface area contributed by atoms with Gasteiger partial charge < -0.3 is 10.1 Å². The average molecular weight is 322 g/mol. The van der Waals surface area contributed by atoms with Crippen LogP contribution in [0.5, 0.6) is 0 Å². The monoisotopic (exact) mass is 321 g/mol. The smallest absolute Gasteiger partial charge is 0.341 e. The zero-order chi connectivity index (χ0) is 13.8. The fourth-order valence-corrected chi connectivity index (χ4v) is 3.47. The van der Waals surface area contributed by atoms with E-state index in [1.54, 1.807) is 0 Å². The molecule has 1 amide bonds. The lowest BCUT2D eigenvalue weighted by Crippen LogP contribution is -2.35. The molecule has 0 unspecified atom stereocenters. The molecule has 1 aliphatic rings. The largest absolute Gasteiger partial charge is 0.452 e. The fourth-order valence-electron chi connectivity index (χ4n) is 2.03. The van der Waals surface area contributed by atoms with Crippen LogP contribution in [0.4, 0.5) is 0 Å². The van der Waals surface area contributed by atoms with E-state index >= 15 is 0 Å². The normalized spacial score (nSPS) is 15.5. The van der Waals surface area contributed by atoms with Gasteiger partial charge in [0.1, 0.15) is 4.34 Å². The number of thiophene rings is 1. The van der Waals surface area contributed by atoms with E-state index in [9.17, 15) is 9.59 Å². The summed E-state index contributed by atoms with van der Waals surface area (Å²) in [4.78, 5) is 23.3. The zero-order valence-corrected chi connectivity index (χ0v) is 12.4. The van der Waals surface area contributed by atoms with E-state index in [2.05, 4.69) is 5.32 Å². The van der Waals surface area contributed by atoms with Gasteiger partial charge in [-0.3, -0.25) is 4.79 Å². The van der Waals surface area contributed by atoms with Crippen LogP contribution in [-0.4, -0.2) is 24.5 Å². The lowest BCUT2D eigenvalue weighted by atomic mass is 10.2. The molecule has 1 aliphatic carbocycles.